The molecule has 56 heavy (non-hydrogen) atoms. The molecule has 6 aliphatic rings. The van der Waals surface area contributed by atoms with Crippen LogP contribution in [0.1, 0.15) is 73.5 Å². The third-order valence-electron chi connectivity index (χ3n) is 12.9. The van der Waals surface area contributed by atoms with Crippen molar-refractivity contribution in [3.63, 3.8) is 0 Å². The number of anilines is 5. The zero-order valence-corrected chi connectivity index (χ0v) is 31.9. The molecule has 2 saturated carbocycles. The second kappa shape index (κ2) is 13.3. The quantitative estimate of drug-likeness (QED) is 0.254. The van der Waals surface area contributed by atoms with Gasteiger partial charge in [0.25, 0.3) is 5.91 Å². The van der Waals surface area contributed by atoms with Crippen LogP contribution in [0.2, 0.25) is 0 Å². The minimum absolute atomic E-state index is 0.00829. The van der Waals surface area contributed by atoms with Gasteiger partial charge in [-0.1, -0.05) is 18.9 Å². The fraction of sp³-hybridized carbons (Fsp3) is 0.488. The molecule has 5 fully saturated rings. The van der Waals surface area contributed by atoms with Crippen molar-refractivity contribution in [2.75, 3.05) is 73.4 Å². The number of piperidine rings is 1. The number of benzene rings is 1. The smallest absolute Gasteiger partial charge is 0.270 e. The second-order valence-corrected chi connectivity index (χ2v) is 16.5. The molecular weight excluding hydrogens is 711 g/mol. The van der Waals surface area contributed by atoms with Gasteiger partial charge in [-0.05, 0) is 62.4 Å². The molecule has 15 nitrogen and oxygen atoms in total. The molecule has 4 amide bonds. The van der Waals surface area contributed by atoms with E-state index in [1.807, 2.05) is 30.5 Å². The van der Waals surface area contributed by atoms with E-state index in [1.165, 1.54) is 0 Å². The van der Waals surface area contributed by atoms with E-state index >= 15 is 0 Å². The van der Waals surface area contributed by atoms with Crippen LogP contribution in [0.25, 0.3) is 11.0 Å². The summed E-state index contributed by atoms with van der Waals surface area (Å²) < 4.78 is 2.12. The highest BCUT2D eigenvalue weighted by Gasteiger charge is 2.62. The van der Waals surface area contributed by atoms with Crippen molar-refractivity contribution in [2.24, 2.45) is 0 Å². The van der Waals surface area contributed by atoms with Crippen molar-refractivity contribution in [3.8, 4) is 0 Å². The van der Waals surface area contributed by atoms with Crippen LogP contribution in [0.5, 0.6) is 0 Å². The predicted octanol–water partition coefficient (Wildman–Crippen LogP) is 3.58. The van der Waals surface area contributed by atoms with Gasteiger partial charge in [-0.15, -0.1) is 0 Å². The first-order chi connectivity index (χ1) is 27.2. The fourth-order valence-electron chi connectivity index (χ4n) is 9.74. The summed E-state index contributed by atoms with van der Waals surface area (Å²) in [5.41, 5.74) is 4.97. The van der Waals surface area contributed by atoms with Crippen molar-refractivity contribution in [1.29, 1.82) is 0 Å². The summed E-state index contributed by atoms with van der Waals surface area (Å²) in [4.78, 5) is 76.4. The van der Waals surface area contributed by atoms with Gasteiger partial charge >= 0.3 is 0 Å². The molecule has 290 valence electrons. The Hall–Kier alpha value is -5.57. The summed E-state index contributed by atoms with van der Waals surface area (Å²) in [6.45, 7) is 5.49. The Morgan fingerprint density at radius 1 is 0.893 bits per heavy atom. The number of fused-ring (bicyclic) bond motifs is 3. The molecule has 1 spiro atoms. The summed E-state index contributed by atoms with van der Waals surface area (Å²) >= 11 is 0. The van der Waals surface area contributed by atoms with Gasteiger partial charge in [0.2, 0.25) is 23.7 Å². The number of amides is 4. The molecule has 4 aromatic rings. The lowest BCUT2D eigenvalue weighted by atomic mass is 9.93. The summed E-state index contributed by atoms with van der Waals surface area (Å²) in [6, 6.07) is 12.1. The lowest BCUT2D eigenvalue weighted by Gasteiger charge is -2.50. The SMILES string of the molecule is CN(C)C(=O)c1cc2cnc(Nc3ccc(N4CCN(C5CN(c6cccc7c6C6(CC6)C(=O)N7[C@@H]6CCC(=O)NC6=O)C5)CC4)cn3)nc2n1C1CCCC1. The van der Waals surface area contributed by atoms with Crippen LogP contribution in [0.4, 0.5) is 28.8 Å². The number of hydrogen-bond acceptors (Lipinski definition) is 11. The van der Waals surface area contributed by atoms with Gasteiger partial charge in [-0.3, -0.25) is 34.3 Å². The first kappa shape index (κ1) is 34.9. The number of nitrogens with zero attached hydrogens (tertiary/aromatic N) is 9. The summed E-state index contributed by atoms with van der Waals surface area (Å²) in [5.74, 6) is 0.440. The standard InChI is InChI=1S/C41H47N11O4/c1-47(2)38(55)32-20-25-21-43-40(46-36(25)51(32)26-6-3-4-7-26)44-33-12-10-27(22-42-33)48-16-18-49(19-17-48)28-23-50(24-28)29-8-5-9-30-35(29)41(14-15-41)39(56)52(30)31-11-13-34(53)45-37(31)54/h5,8-10,12,20-22,26,28,31H,3-4,6-7,11,13-19,23-24H2,1-2H3,(H,45,53,54)(H,42,43,44,46)/t31-/m1/s1. The van der Waals surface area contributed by atoms with E-state index in [4.69, 9.17) is 9.97 Å². The number of pyridine rings is 1. The molecule has 1 aromatic carbocycles. The first-order valence-electron chi connectivity index (χ1n) is 20.1. The Bertz CT molecular complexity index is 2250. The first-order valence-corrected chi connectivity index (χ1v) is 20.1. The van der Waals surface area contributed by atoms with Crippen LogP contribution in [0, 0.1) is 0 Å². The molecule has 0 radical (unpaired) electrons. The molecule has 0 bridgehead atoms. The Morgan fingerprint density at radius 2 is 1.66 bits per heavy atom. The number of piperazine rings is 1. The van der Waals surface area contributed by atoms with Crippen LogP contribution < -0.4 is 25.3 Å². The minimum atomic E-state index is -0.642. The normalized spacial score (nSPS) is 22.5. The number of imide groups is 1. The lowest BCUT2D eigenvalue weighted by Crippen LogP contribution is -2.63. The minimum Gasteiger partial charge on any atom is -0.368 e. The van der Waals surface area contributed by atoms with Crippen molar-refractivity contribution in [2.45, 2.75) is 74.9 Å². The molecule has 2 N–H and O–H groups in total. The molecule has 2 aliphatic carbocycles. The Labute approximate surface area is 325 Å². The molecule has 3 saturated heterocycles. The third kappa shape index (κ3) is 5.69. The molecule has 7 heterocycles. The topological polar surface area (TPSA) is 152 Å². The number of hydrogen-bond donors (Lipinski definition) is 2. The van der Waals surface area contributed by atoms with Crippen LogP contribution >= 0.6 is 0 Å². The highest BCUT2D eigenvalue weighted by atomic mass is 16.2. The van der Waals surface area contributed by atoms with Gasteiger partial charge in [0.15, 0.2) is 0 Å². The van der Waals surface area contributed by atoms with E-state index in [-0.39, 0.29) is 36.1 Å². The molecule has 1 atom stereocenters. The van der Waals surface area contributed by atoms with Crippen molar-refractivity contribution < 1.29 is 19.2 Å². The van der Waals surface area contributed by atoms with Crippen LogP contribution in [0.15, 0.2) is 48.8 Å². The van der Waals surface area contributed by atoms with Crippen molar-refractivity contribution >= 4 is 63.5 Å². The summed E-state index contributed by atoms with van der Waals surface area (Å²) in [7, 11) is 3.56. The maximum atomic E-state index is 13.9. The van der Waals surface area contributed by atoms with E-state index in [9.17, 15) is 19.2 Å². The zero-order valence-electron chi connectivity index (χ0n) is 31.9. The lowest BCUT2D eigenvalue weighted by molar-refractivity contribution is -0.135. The number of carbonyl (C=O) groups excluding carboxylic acids is 4. The van der Waals surface area contributed by atoms with Crippen LogP contribution in [0.3, 0.4) is 0 Å². The number of aromatic nitrogens is 4. The monoisotopic (exact) mass is 757 g/mol. The van der Waals surface area contributed by atoms with Gasteiger partial charge < -0.3 is 24.6 Å². The average Bonchev–Trinajstić information content (AvgIpc) is 3.51. The van der Waals surface area contributed by atoms with Gasteiger partial charge in [0, 0.05) is 94.7 Å². The molecule has 15 heteroatoms. The predicted molar refractivity (Wildman–Crippen MR) is 211 cm³/mol. The van der Waals surface area contributed by atoms with Crippen molar-refractivity contribution in [3.05, 3.63) is 60.0 Å². The number of rotatable bonds is 8. The Balaban J connectivity index is 0.771. The fourth-order valence-corrected chi connectivity index (χ4v) is 9.74. The molecular formula is C41H47N11O4. The van der Waals surface area contributed by atoms with Crippen LogP contribution in [-0.4, -0.2) is 118 Å². The average molecular weight is 758 g/mol. The van der Waals surface area contributed by atoms with E-state index in [0.29, 0.717) is 29.9 Å². The van der Waals surface area contributed by atoms with Crippen LogP contribution in [-0.2, 0) is 19.8 Å². The largest absolute Gasteiger partial charge is 0.368 e. The van der Waals surface area contributed by atoms with E-state index in [0.717, 1.165) is 111 Å². The Kier molecular flexibility index (Phi) is 8.27. The zero-order chi connectivity index (χ0) is 38.3. The highest BCUT2D eigenvalue weighted by molar-refractivity contribution is 6.16. The van der Waals surface area contributed by atoms with Gasteiger partial charge in [0.1, 0.15) is 23.2 Å². The van der Waals surface area contributed by atoms with Gasteiger partial charge in [0.05, 0.1) is 23.0 Å². The van der Waals surface area contributed by atoms with Gasteiger partial charge in [-0.25, -0.2) is 9.97 Å². The third-order valence-corrected chi connectivity index (χ3v) is 12.9. The maximum absolute atomic E-state index is 13.9. The number of carbonyl (C=O) groups is 4. The molecule has 3 aromatic heterocycles. The maximum Gasteiger partial charge on any atom is 0.270 e. The summed E-state index contributed by atoms with van der Waals surface area (Å²) in [5, 5.41) is 6.58. The van der Waals surface area contributed by atoms with Crippen molar-refractivity contribution in [1.82, 2.24) is 34.6 Å². The molecule has 10 rings (SSSR count). The van der Waals surface area contributed by atoms with E-state index < -0.39 is 11.5 Å². The van der Waals surface area contributed by atoms with Gasteiger partial charge in [-0.2, -0.15) is 4.98 Å². The number of nitrogens with one attached hydrogen (secondary N) is 2. The highest BCUT2D eigenvalue weighted by Crippen LogP contribution is 2.61. The summed E-state index contributed by atoms with van der Waals surface area (Å²) in [6.07, 6.45) is 10.3. The Morgan fingerprint density at radius 3 is 2.36 bits per heavy atom. The van der Waals surface area contributed by atoms with E-state index in [2.05, 4.69) is 47.0 Å². The molecule has 0 unspecified atom stereocenters. The molecule has 4 aliphatic heterocycles. The second-order valence-electron chi connectivity index (χ2n) is 16.5. The van der Waals surface area contributed by atoms with E-state index in [1.54, 1.807) is 30.1 Å².